The van der Waals surface area contributed by atoms with E-state index < -0.39 is 5.78 Å². The molecule has 0 atom stereocenters. The zero-order valence-electron chi connectivity index (χ0n) is 11.7. The molecule has 0 saturated carbocycles. The molecule has 0 fully saturated rings. The third kappa shape index (κ3) is 3.34. The van der Waals surface area contributed by atoms with Crippen LogP contribution in [-0.4, -0.2) is 16.7 Å². The first-order valence-electron chi connectivity index (χ1n) is 6.87. The molecular weight excluding hydrogens is 272 g/mol. The predicted molar refractivity (Wildman–Crippen MR) is 73.8 cm³/mol. The van der Waals surface area contributed by atoms with Crippen LogP contribution in [0.15, 0.2) is 35.0 Å². The largest absolute Gasteiger partial charge is 0.359 e. The smallest absolute Gasteiger partial charge is 0.295 e. The van der Waals surface area contributed by atoms with Crippen LogP contribution in [0, 0.1) is 5.21 Å². The van der Waals surface area contributed by atoms with E-state index in [0.717, 1.165) is 12.8 Å². The van der Waals surface area contributed by atoms with Gasteiger partial charge in [0.05, 0.1) is 5.16 Å². The van der Waals surface area contributed by atoms with Crippen molar-refractivity contribution in [3.05, 3.63) is 52.5 Å². The lowest BCUT2D eigenvalue weighted by atomic mass is 10.0. The molecule has 0 amide bonds. The van der Waals surface area contributed by atoms with Gasteiger partial charge in [0.2, 0.25) is 11.6 Å². The van der Waals surface area contributed by atoms with E-state index in [0.29, 0.717) is 12.0 Å². The van der Waals surface area contributed by atoms with Crippen molar-refractivity contribution in [2.75, 3.05) is 0 Å². The normalized spacial score (nSPS) is 10.5. The quantitative estimate of drug-likeness (QED) is 0.443. The van der Waals surface area contributed by atoms with Crippen LogP contribution in [0.1, 0.15) is 59.1 Å². The zero-order chi connectivity index (χ0) is 15.2. The number of Topliss-reactive ketones (excluding diaryl/α,β-unsaturated/α-hetero) is 1. The molecule has 6 nitrogen and oxygen atoms in total. The number of carbonyl (C=O) groups is 2. The third-order valence-corrected chi connectivity index (χ3v) is 3.14. The molecule has 0 saturated heterocycles. The molecule has 1 aromatic heterocycles. The number of aromatic nitrogens is 2. The highest BCUT2D eigenvalue weighted by Crippen LogP contribution is 2.13. The van der Waals surface area contributed by atoms with Crippen LogP contribution < -0.4 is 4.90 Å². The maximum atomic E-state index is 12.3. The Kier molecular flexibility index (Phi) is 4.81. The first kappa shape index (κ1) is 14.9. The molecule has 1 aromatic carbocycles. The summed E-state index contributed by atoms with van der Waals surface area (Å²) in [6.45, 7) is 2.02. The average Bonchev–Trinajstić information content (AvgIpc) is 2.89. The van der Waals surface area contributed by atoms with Gasteiger partial charge in [0.25, 0.3) is 11.4 Å². The Balaban J connectivity index is 2.26. The van der Waals surface area contributed by atoms with Crippen molar-refractivity contribution in [2.24, 2.45) is 0 Å². The Morgan fingerprint density at radius 1 is 1.24 bits per heavy atom. The highest BCUT2D eigenvalue weighted by atomic mass is 16.8. The summed E-state index contributed by atoms with van der Waals surface area (Å²) < 4.78 is 4.44. The van der Waals surface area contributed by atoms with Crippen LogP contribution in [0.2, 0.25) is 0 Å². The second-order valence-corrected chi connectivity index (χ2v) is 4.70. The molecule has 0 bridgehead atoms. The minimum atomic E-state index is -0.564. The third-order valence-electron chi connectivity index (χ3n) is 3.14. The Morgan fingerprint density at radius 2 is 1.95 bits per heavy atom. The molecule has 2 aromatic rings. The highest BCUT2D eigenvalue weighted by Gasteiger charge is 2.31. The zero-order valence-corrected chi connectivity index (χ0v) is 11.7. The molecule has 21 heavy (non-hydrogen) atoms. The molecule has 0 spiro atoms. The second-order valence-electron chi connectivity index (χ2n) is 4.70. The van der Waals surface area contributed by atoms with Gasteiger partial charge in [0, 0.05) is 12.0 Å². The molecule has 0 N–H and O–H groups in total. The van der Waals surface area contributed by atoms with Crippen LogP contribution in [0.5, 0.6) is 0 Å². The molecule has 0 aliphatic carbocycles. The van der Waals surface area contributed by atoms with E-state index in [1.54, 1.807) is 30.3 Å². The standard InChI is InChI=1S/C15H16N2O4/c1-2-3-5-10-12(18)13-14(17(20)21-16-13)15(19)11-8-6-4-7-9-11/h4,6-9H,2-3,5,10H2,1H3. The van der Waals surface area contributed by atoms with E-state index in [1.165, 1.54) is 0 Å². The second kappa shape index (κ2) is 6.78. The minimum absolute atomic E-state index is 0.00237. The predicted octanol–water partition coefficient (Wildman–Crippen LogP) is 2.30. The van der Waals surface area contributed by atoms with Crippen LogP contribution in [-0.2, 0) is 0 Å². The number of unbranched alkanes of at least 4 members (excludes halogenated alkanes) is 2. The molecule has 1 heterocycles. The van der Waals surface area contributed by atoms with Crippen molar-refractivity contribution in [3.8, 4) is 0 Å². The highest BCUT2D eigenvalue weighted by molar-refractivity contribution is 6.12. The number of hydrogen-bond acceptors (Lipinski definition) is 5. The van der Waals surface area contributed by atoms with E-state index >= 15 is 0 Å². The van der Waals surface area contributed by atoms with Gasteiger partial charge >= 0.3 is 0 Å². The van der Waals surface area contributed by atoms with E-state index in [2.05, 4.69) is 9.79 Å². The van der Waals surface area contributed by atoms with E-state index in [1.807, 2.05) is 6.92 Å². The van der Waals surface area contributed by atoms with Gasteiger partial charge in [-0.25, -0.2) is 0 Å². The lowest BCUT2D eigenvalue weighted by Crippen LogP contribution is -2.32. The SMILES string of the molecule is CCCCCC(=O)c1no[n+]([O-])c1C(=O)c1ccccc1. The summed E-state index contributed by atoms with van der Waals surface area (Å²) in [5, 5.41) is 15.0. The topological polar surface area (TPSA) is 87.1 Å². The number of benzene rings is 1. The Hall–Kier alpha value is -2.50. The fourth-order valence-corrected chi connectivity index (χ4v) is 2.00. The monoisotopic (exact) mass is 288 g/mol. The Bertz CT molecular complexity index is 634. The van der Waals surface area contributed by atoms with E-state index in [4.69, 9.17) is 0 Å². The number of carbonyl (C=O) groups excluding carboxylic acids is 2. The van der Waals surface area contributed by atoms with Crippen LogP contribution >= 0.6 is 0 Å². The van der Waals surface area contributed by atoms with Gasteiger partial charge in [-0.2, -0.15) is 0 Å². The summed E-state index contributed by atoms with van der Waals surface area (Å²) in [4.78, 5) is 24.4. The summed E-state index contributed by atoms with van der Waals surface area (Å²) in [6, 6.07) is 8.26. The van der Waals surface area contributed by atoms with E-state index in [-0.39, 0.29) is 28.5 Å². The van der Waals surface area contributed by atoms with Crippen molar-refractivity contribution >= 4 is 11.6 Å². The Labute approximate surface area is 121 Å². The minimum Gasteiger partial charge on any atom is -0.359 e. The summed E-state index contributed by atoms with van der Waals surface area (Å²) in [5.41, 5.74) is -0.217. The van der Waals surface area contributed by atoms with Crippen molar-refractivity contribution in [1.29, 1.82) is 0 Å². The van der Waals surface area contributed by atoms with Crippen LogP contribution in [0.3, 0.4) is 0 Å². The molecular formula is C15H16N2O4. The molecule has 0 unspecified atom stereocenters. The van der Waals surface area contributed by atoms with Crippen molar-refractivity contribution in [3.63, 3.8) is 0 Å². The molecule has 0 aliphatic rings. The van der Waals surface area contributed by atoms with Gasteiger partial charge in [0.15, 0.2) is 0 Å². The first-order valence-corrected chi connectivity index (χ1v) is 6.87. The lowest BCUT2D eigenvalue weighted by molar-refractivity contribution is -0.803. The fourth-order valence-electron chi connectivity index (χ4n) is 2.00. The van der Waals surface area contributed by atoms with Gasteiger partial charge in [-0.3, -0.25) is 14.2 Å². The fraction of sp³-hybridized carbons (Fsp3) is 0.333. The molecule has 6 heteroatoms. The average molecular weight is 288 g/mol. The van der Waals surface area contributed by atoms with Gasteiger partial charge in [-0.05, 0) is 11.3 Å². The van der Waals surface area contributed by atoms with Gasteiger partial charge in [-0.1, -0.05) is 50.1 Å². The molecule has 0 aliphatic heterocycles. The van der Waals surface area contributed by atoms with E-state index in [9.17, 15) is 14.8 Å². The van der Waals surface area contributed by atoms with Crippen molar-refractivity contribution in [2.45, 2.75) is 32.6 Å². The van der Waals surface area contributed by atoms with Crippen molar-refractivity contribution in [1.82, 2.24) is 5.16 Å². The van der Waals surface area contributed by atoms with Crippen LogP contribution in [0.25, 0.3) is 0 Å². The molecule has 0 radical (unpaired) electrons. The maximum Gasteiger partial charge on any atom is 0.295 e. The number of ketones is 2. The summed E-state index contributed by atoms with van der Waals surface area (Å²) in [7, 11) is 0. The summed E-state index contributed by atoms with van der Waals surface area (Å²) >= 11 is 0. The first-order chi connectivity index (χ1) is 10.1. The molecule has 2 rings (SSSR count). The summed E-state index contributed by atoms with van der Waals surface area (Å²) in [5.74, 6) is -0.910. The van der Waals surface area contributed by atoms with Gasteiger partial charge < -0.3 is 5.21 Å². The summed E-state index contributed by atoms with van der Waals surface area (Å²) in [6.07, 6.45) is 2.82. The molecule has 110 valence electrons. The van der Waals surface area contributed by atoms with Gasteiger partial charge in [0.1, 0.15) is 0 Å². The van der Waals surface area contributed by atoms with Crippen LogP contribution in [0.4, 0.5) is 0 Å². The lowest BCUT2D eigenvalue weighted by Gasteiger charge is -1.99. The maximum absolute atomic E-state index is 12.3. The number of nitrogens with zero attached hydrogens (tertiary/aromatic N) is 2. The van der Waals surface area contributed by atoms with Gasteiger partial charge in [-0.15, -0.1) is 0 Å². The number of rotatable bonds is 7. The van der Waals surface area contributed by atoms with Crippen molar-refractivity contribution < 1.29 is 19.1 Å². The number of hydrogen-bond donors (Lipinski definition) is 0. The Morgan fingerprint density at radius 3 is 2.62 bits per heavy atom.